The highest BCUT2D eigenvalue weighted by molar-refractivity contribution is 6.03. The Hall–Kier alpha value is -2.04. The molecule has 1 N–H and O–H groups in total. The van der Waals surface area contributed by atoms with Crippen LogP contribution in [0.1, 0.15) is 58.8 Å². The molecule has 2 heterocycles. The van der Waals surface area contributed by atoms with Crippen LogP contribution in [0.15, 0.2) is 24.3 Å². The Bertz CT molecular complexity index is 635. The summed E-state index contributed by atoms with van der Waals surface area (Å²) in [4.78, 5) is 29.1. The zero-order valence-corrected chi connectivity index (χ0v) is 16.7. The van der Waals surface area contributed by atoms with Crippen molar-refractivity contribution in [2.45, 2.75) is 64.8 Å². The van der Waals surface area contributed by atoms with Crippen molar-refractivity contribution in [2.75, 3.05) is 29.9 Å². The molecule has 1 unspecified atom stereocenters. The van der Waals surface area contributed by atoms with Crippen molar-refractivity contribution in [1.82, 2.24) is 4.90 Å². The van der Waals surface area contributed by atoms with Gasteiger partial charge in [-0.2, -0.15) is 0 Å². The molecule has 2 aliphatic rings. The lowest BCUT2D eigenvalue weighted by Crippen LogP contribution is -2.44. The molecule has 0 bridgehead atoms. The fourth-order valence-corrected chi connectivity index (χ4v) is 4.22. The molecule has 5 heteroatoms. The Kier molecular flexibility index (Phi) is 6.75. The van der Waals surface area contributed by atoms with Crippen LogP contribution >= 0.6 is 0 Å². The van der Waals surface area contributed by atoms with E-state index in [0.29, 0.717) is 6.04 Å². The molecule has 27 heavy (non-hydrogen) atoms. The number of amides is 2. The van der Waals surface area contributed by atoms with Gasteiger partial charge in [0.1, 0.15) is 6.42 Å². The number of hydrogen-bond acceptors (Lipinski definition) is 3. The van der Waals surface area contributed by atoms with Crippen LogP contribution in [0.25, 0.3) is 0 Å². The third-order valence-electron chi connectivity index (χ3n) is 6.03. The monoisotopic (exact) mass is 371 g/mol. The molecule has 5 nitrogen and oxygen atoms in total. The van der Waals surface area contributed by atoms with Crippen LogP contribution in [0.5, 0.6) is 0 Å². The van der Waals surface area contributed by atoms with Crippen LogP contribution < -0.4 is 10.2 Å². The summed E-state index contributed by atoms with van der Waals surface area (Å²) in [5, 5.41) is 2.88. The topological polar surface area (TPSA) is 52.7 Å². The number of rotatable bonds is 5. The van der Waals surface area contributed by atoms with Gasteiger partial charge in [-0.1, -0.05) is 13.8 Å². The van der Waals surface area contributed by atoms with E-state index in [0.717, 1.165) is 50.5 Å². The number of nitrogens with zero attached hydrogens (tertiary/aromatic N) is 2. The molecule has 0 aliphatic carbocycles. The standard InChI is InChI=1S/C22H33N3O2/c1-3-19-6-4-5-13-25(19)22(27)16-21(26)23-18-7-9-20(10-8-18)24-14-11-17(2)12-15-24/h7-10,17,19H,3-6,11-16H2,1-2H3,(H,23,26). The van der Waals surface area contributed by atoms with Gasteiger partial charge in [0, 0.05) is 37.1 Å². The van der Waals surface area contributed by atoms with E-state index in [-0.39, 0.29) is 18.2 Å². The molecule has 2 aliphatic heterocycles. The van der Waals surface area contributed by atoms with Crippen molar-refractivity contribution in [1.29, 1.82) is 0 Å². The minimum absolute atomic E-state index is 0.0434. The first-order valence-electron chi connectivity index (χ1n) is 10.5. The molecule has 1 aromatic carbocycles. The molecule has 148 valence electrons. The first-order chi connectivity index (χ1) is 13.1. The normalized spacial score (nSPS) is 21.2. The van der Waals surface area contributed by atoms with Crippen LogP contribution in [0, 0.1) is 5.92 Å². The predicted octanol–water partition coefficient (Wildman–Crippen LogP) is 4.04. The van der Waals surface area contributed by atoms with Crippen LogP contribution in [0.4, 0.5) is 11.4 Å². The van der Waals surface area contributed by atoms with E-state index in [1.54, 1.807) is 0 Å². The number of hydrogen-bond donors (Lipinski definition) is 1. The Morgan fingerprint density at radius 3 is 2.41 bits per heavy atom. The smallest absolute Gasteiger partial charge is 0.233 e. The van der Waals surface area contributed by atoms with E-state index < -0.39 is 0 Å². The third-order valence-corrected chi connectivity index (χ3v) is 6.03. The molecule has 3 rings (SSSR count). The van der Waals surface area contributed by atoms with Crippen molar-refractivity contribution in [2.24, 2.45) is 5.92 Å². The maximum absolute atomic E-state index is 12.5. The lowest BCUT2D eigenvalue weighted by Gasteiger charge is -2.35. The van der Waals surface area contributed by atoms with E-state index in [4.69, 9.17) is 0 Å². The summed E-state index contributed by atoms with van der Waals surface area (Å²) in [6.07, 6.45) is 6.63. The van der Waals surface area contributed by atoms with Crippen LogP contribution in [0.2, 0.25) is 0 Å². The van der Waals surface area contributed by atoms with Crippen molar-refractivity contribution in [3.63, 3.8) is 0 Å². The van der Waals surface area contributed by atoms with E-state index in [1.165, 1.54) is 24.9 Å². The summed E-state index contributed by atoms with van der Waals surface area (Å²) in [6, 6.07) is 8.29. The van der Waals surface area contributed by atoms with Crippen molar-refractivity contribution in [3.05, 3.63) is 24.3 Å². The van der Waals surface area contributed by atoms with E-state index in [1.807, 2.05) is 17.0 Å². The van der Waals surface area contributed by atoms with E-state index >= 15 is 0 Å². The Morgan fingerprint density at radius 2 is 1.74 bits per heavy atom. The fourth-order valence-electron chi connectivity index (χ4n) is 4.22. The van der Waals surface area contributed by atoms with Crippen LogP contribution in [-0.2, 0) is 9.59 Å². The highest BCUT2D eigenvalue weighted by Gasteiger charge is 2.26. The molecule has 2 amide bonds. The lowest BCUT2D eigenvalue weighted by atomic mass is 9.99. The Labute approximate surface area is 163 Å². The quantitative estimate of drug-likeness (QED) is 0.795. The van der Waals surface area contributed by atoms with Gasteiger partial charge in [0.2, 0.25) is 11.8 Å². The first kappa shape index (κ1) is 19.7. The van der Waals surface area contributed by atoms with Gasteiger partial charge in [-0.25, -0.2) is 0 Å². The molecule has 1 aromatic rings. The maximum atomic E-state index is 12.5. The summed E-state index contributed by atoms with van der Waals surface area (Å²) < 4.78 is 0. The number of piperidine rings is 2. The van der Waals surface area contributed by atoms with Gasteiger partial charge < -0.3 is 15.1 Å². The van der Waals surface area contributed by atoms with Gasteiger partial charge in [0.25, 0.3) is 0 Å². The second-order valence-corrected chi connectivity index (χ2v) is 8.09. The summed E-state index contributed by atoms with van der Waals surface area (Å²) in [6.45, 7) is 7.39. The van der Waals surface area contributed by atoms with Crippen LogP contribution in [0.3, 0.4) is 0 Å². The number of carbonyl (C=O) groups excluding carboxylic acids is 2. The number of likely N-dealkylation sites (tertiary alicyclic amines) is 1. The van der Waals surface area contributed by atoms with E-state index in [2.05, 4.69) is 36.2 Å². The average Bonchev–Trinajstić information content (AvgIpc) is 2.69. The van der Waals surface area contributed by atoms with Crippen molar-refractivity contribution < 1.29 is 9.59 Å². The molecule has 0 spiro atoms. The minimum atomic E-state index is -0.222. The summed E-state index contributed by atoms with van der Waals surface area (Å²) in [7, 11) is 0. The van der Waals surface area contributed by atoms with E-state index in [9.17, 15) is 9.59 Å². The average molecular weight is 372 g/mol. The number of carbonyl (C=O) groups is 2. The van der Waals surface area contributed by atoms with Gasteiger partial charge in [-0.15, -0.1) is 0 Å². The molecular formula is C22H33N3O2. The summed E-state index contributed by atoms with van der Waals surface area (Å²) >= 11 is 0. The summed E-state index contributed by atoms with van der Waals surface area (Å²) in [5.41, 5.74) is 1.96. The van der Waals surface area contributed by atoms with Gasteiger partial charge in [0.05, 0.1) is 0 Å². The maximum Gasteiger partial charge on any atom is 0.233 e. The molecule has 0 aromatic heterocycles. The number of anilines is 2. The highest BCUT2D eigenvalue weighted by atomic mass is 16.2. The zero-order valence-electron chi connectivity index (χ0n) is 16.7. The largest absolute Gasteiger partial charge is 0.372 e. The Balaban J connectivity index is 1.51. The second-order valence-electron chi connectivity index (χ2n) is 8.09. The number of benzene rings is 1. The second kappa shape index (κ2) is 9.25. The fraction of sp³-hybridized carbons (Fsp3) is 0.636. The van der Waals surface area contributed by atoms with Gasteiger partial charge in [0.15, 0.2) is 0 Å². The molecule has 0 radical (unpaired) electrons. The van der Waals surface area contributed by atoms with Crippen LogP contribution in [-0.4, -0.2) is 42.4 Å². The van der Waals surface area contributed by atoms with Gasteiger partial charge >= 0.3 is 0 Å². The third kappa shape index (κ3) is 5.24. The van der Waals surface area contributed by atoms with Crippen molar-refractivity contribution in [3.8, 4) is 0 Å². The highest BCUT2D eigenvalue weighted by Crippen LogP contribution is 2.24. The SMILES string of the molecule is CCC1CCCCN1C(=O)CC(=O)Nc1ccc(N2CCC(C)CC2)cc1. The molecule has 2 saturated heterocycles. The molecule has 2 fully saturated rings. The lowest BCUT2D eigenvalue weighted by molar-refractivity contribution is -0.137. The zero-order chi connectivity index (χ0) is 19.2. The minimum Gasteiger partial charge on any atom is -0.372 e. The predicted molar refractivity (Wildman–Crippen MR) is 110 cm³/mol. The van der Waals surface area contributed by atoms with Crippen molar-refractivity contribution >= 4 is 23.2 Å². The molecule has 0 saturated carbocycles. The number of nitrogens with one attached hydrogen (secondary N) is 1. The Morgan fingerprint density at radius 1 is 1.04 bits per heavy atom. The van der Waals surface area contributed by atoms with Gasteiger partial charge in [-0.3, -0.25) is 9.59 Å². The first-order valence-corrected chi connectivity index (χ1v) is 10.5. The summed E-state index contributed by atoms with van der Waals surface area (Å²) in [5.74, 6) is 0.544. The van der Waals surface area contributed by atoms with Gasteiger partial charge in [-0.05, 0) is 68.7 Å². The molecular weight excluding hydrogens is 338 g/mol. The molecule has 1 atom stereocenters.